The van der Waals surface area contributed by atoms with E-state index >= 15 is 0 Å². The molecule has 1 aromatic carbocycles. The second-order valence-electron chi connectivity index (χ2n) is 6.25. The van der Waals surface area contributed by atoms with Gasteiger partial charge >= 0.3 is 0 Å². The SMILES string of the molecule is O=C1CCCCC/C1=C\c1ccc(OC2CCCC2)cc1. The fourth-order valence-corrected chi connectivity index (χ4v) is 3.27. The molecular formula is C19H24O2. The maximum Gasteiger partial charge on any atom is 0.158 e. The predicted molar refractivity (Wildman–Crippen MR) is 85.4 cm³/mol. The van der Waals surface area contributed by atoms with Gasteiger partial charge in [0.2, 0.25) is 0 Å². The van der Waals surface area contributed by atoms with Crippen molar-refractivity contribution >= 4 is 11.9 Å². The molecule has 0 spiro atoms. The summed E-state index contributed by atoms with van der Waals surface area (Å²) >= 11 is 0. The molecule has 2 fully saturated rings. The molecule has 0 radical (unpaired) electrons. The summed E-state index contributed by atoms with van der Waals surface area (Å²) in [4.78, 5) is 12.0. The largest absolute Gasteiger partial charge is 0.490 e. The highest BCUT2D eigenvalue weighted by Gasteiger charge is 2.16. The highest BCUT2D eigenvalue weighted by atomic mass is 16.5. The van der Waals surface area contributed by atoms with Crippen LogP contribution in [0.2, 0.25) is 0 Å². The van der Waals surface area contributed by atoms with E-state index in [-0.39, 0.29) is 0 Å². The Morgan fingerprint density at radius 3 is 2.38 bits per heavy atom. The van der Waals surface area contributed by atoms with Crippen molar-refractivity contribution in [2.24, 2.45) is 0 Å². The van der Waals surface area contributed by atoms with Crippen LogP contribution in [-0.4, -0.2) is 11.9 Å². The number of carbonyl (C=O) groups excluding carboxylic acids is 1. The second-order valence-corrected chi connectivity index (χ2v) is 6.25. The van der Waals surface area contributed by atoms with Crippen molar-refractivity contribution in [2.45, 2.75) is 63.9 Å². The number of benzene rings is 1. The van der Waals surface area contributed by atoms with Gasteiger partial charge in [0.1, 0.15) is 5.75 Å². The quantitative estimate of drug-likeness (QED) is 0.581. The Balaban J connectivity index is 1.66. The third kappa shape index (κ3) is 3.96. The van der Waals surface area contributed by atoms with E-state index in [9.17, 15) is 4.79 Å². The Bertz CT molecular complexity index is 507. The second kappa shape index (κ2) is 6.93. The Morgan fingerprint density at radius 2 is 1.62 bits per heavy atom. The van der Waals surface area contributed by atoms with Crippen LogP contribution in [0.4, 0.5) is 0 Å². The van der Waals surface area contributed by atoms with Crippen LogP contribution in [0.1, 0.15) is 63.4 Å². The van der Waals surface area contributed by atoms with E-state index < -0.39 is 0 Å². The number of rotatable bonds is 3. The summed E-state index contributed by atoms with van der Waals surface area (Å²) in [6, 6.07) is 8.20. The zero-order valence-corrected chi connectivity index (χ0v) is 12.6. The minimum atomic E-state index is 0.332. The molecule has 0 amide bonds. The van der Waals surface area contributed by atoms with E-state index in [4.69, 9.17) is 4.74 Å². The summed E-state index contributed by atoms with van der Waals surface area (Å²) in [5, 5.41) is 0. The van der Waals surface area contributed by atoms with Crippen molar-refractivity contribution in [3.63, 3.8) is 0 Å². The van der Waals surface area contributed by atoms with E-state index in [0.717, 1.165) is 36.1 Å². The molecule has 3 rings (SSSR count). The third-order valence-electron chi connectivity index (χ3n) is 4.53. The first-order valence-electron chi connectivity index (χ1n) is 8.32. The van der Waals surface area contributed by atoms with Gasteiger partial charge in [0.15, 0.2) is 5.78 Å². The maximum absolute atomic E-state index is 12.0. The molecule has 2 heteroatoms. The first-order valence-corrected chi connectivity index (χ1v) is 8.32. The number of Topliss-reactive ketones (excluding diaryl/α,β-unsaturated/α-hetero) is 1. The molecule has 0 N–H and O–H groups in total. The lowest BCUT2D eigenvalue weighted by Gasteiger charge is -2.13. The topological polar surface area (TPSA) is 26.3 Å². The number of hydrogen-bond acceptors (Lipinski definition) is 2. The van der Waals surface area contributed by atoms with Gasteiger partial charge in [-0.15, -0.1) is 0 Å². The minimum Gasteiger partial charge on any atom is -0.490 e. The van der Waals surface area contributed by atoms with E-state index in [2.05, 4.69) is 18.2 Å². The molecule has 2 aliphatic carbocycles. The molecule has 0 bridgehead atoms. The van der Waals surface area contributed by atoms with Crippen LogP contribution in [0.3, 0.4) is 0 Å². The molecule has 21 heavy (non-hydrogen) atoms. The van der Waals surface area contributed by atoms with Gasteiger partial charge < -0.3 is 4.74 Å². The van der Waals surface area contributed by atoms with Crippen molar-refractivity contribution in [1.29, 1.82) is 0 Å². The average Bonchev–Trinajstić information content (AvgIpc) is 2.92. The first kappa shape index (κ1) is 14.4. The number of allylic oxidation sites excluding steroid dienone is 1. The smallest absolute Gasteiger partial charge is 0.158 e. The molecule has 2 saturated carbocycles. The summed E-state index contributed by atoms with van der Waals surface area (Å²) in [7, 11) is 0. The van der Waals surface area contributed by atoms with Crippen molar-refractivity contribution in [3.05, 3.63) is 35.4 Å². The zero-order valence-electron chi connectivity index (χ0n) is 12.6. The highest BCUT2D eigenvalue weighted by Crippen LogP contribution is 2.26. The van der Waals surface area contributed by atoms with Crippen LogP contribution in [0.15, 0.2) is 29.8 Å². The van der Waals surface area contributed by atoms with Gasteiger partial charge in [-0.3, -0.25) is 4.79 Å². The Hall–Kier alpha value is -1.57. The van der Waals surface area contributed by atoms with Crippen LogP contribution in [0.25, 0.3) is 6.08 Å². The number of hydrogen-bond donors (Lipinski definition) is 0. The number of ketones is 1. The minimum absolute atomic E-state index is 0.332. The summed E-state index contributed by atoms with van der Waals surface area (Å²) in [5.41, 5.74) is 2.11. The molecular weight excluding hydrogens is 260 g/mol. The standard InChI is InChI=1S/C19H24O2/c20-19-9-3-1-2-6-16(19)14-15-10-12-18(13-11-15)21-17-7-4-5-8-17/h10-14,17H,1-9H2/b16-14+. The van der Waals surface area contributed by atoms with Crippen LogP contribution < -0.4 is 4.74 Å². The molecule has 112 valence electrons. The fourth-order valence-electron chi connectivity index (χ4n) is 3.27. The molecule has 2 nitrogen and oxygen atoms in total. The normalized spacial score (nSPS) is 22.5. The maximum atomic E-state index is 12.0. The molecule has 0 atom stereocenters. The lowest BCUT2D eigenvalue weighted by Crippen LogP contribution is -2.10. The summed E-state index contributed by atoms with van der Waals surface area (Å²) in [6.45, 7) is 0. The third-order valence-corrected chi connectivity index (χ3v) is 4.53. The van der Waals surface area contributed by atoms with Gasteiger partial charge in [-0.1, -0.05) is 18.6 Å². The van der Waals surface area contributed by atoms with Crippen LogP contribution in [0.5, 0.6) is 5.75 Å². The van der Waals surface area contributed by atoms with Gasteiger partial charge in [-0.05, 0) is 74.3 Å². The Labute approximate surface area is 127 Å². The van der Waals surface area contributed by atoms with Crippen molar-refractivity contribution < 1.29 is 9.53 Å². The average molecular weight is 284 g/mol. The Morgan fingerprint density at radius 1 is 0.905 bits per heavy atom. The summed E-state index contributed by atoms with van der Waals surface area (Å²) < 4.78 is 5.97. The zero-order chi connectivity index (χ0) is 14.5. The first-order chi connectivity index (χ1) is 10.3. The van der Waals surface area contributed by atoms with Gasteiger partial charge in [0.05, 0.1) is 6.10 Å². The monoisotopic (exact) mass is 284 g/mol. The van der Waals surface area contributed by atoms with E-state index in [0.29, 0.717) is 18.3 Å². The molecule has 1 aromatic rings. The summed E-state index contributed by atoms with van der Waals surface area (Å²) in [6.07, 6.45) is 12.4. The van der Waals surface area contributed by atoms with Gasteiger partial charge in [-0.2, -0.15) is 0 Å². The number of carbonyl (C=O) groups is 1. The molecule has 0 heterocycles. The molecule has 0 saturated heterocycles. The lowest BCUT2D eigenvalue weighted by atomic mass is 10.0. The molecule has 0 unspecified atom stereocenters. The number of ether oxygens (including phenoxy) is 1. The van der Waals surface area contributed by atoms with E-state index in [1.54, 1.807) is 0 Å². The van der Waals surface area contributed by atoms with Crippen molar-refractivity contribution in [3.8, 4) is 5.75 Å². The summed E-state index contributed by atoms with van der Waals surface area (Å²) in [5.74, 6) is 1.29. The van der Waals surface area contributed by atoms with Crippen LogP contribution in [-0.2, 0) is 4.79 Å². The van der Waals surface area contributed by atoms with Gasteiger partial charge in [0, 0.05) is 6.42 Å². The Kier molecular flexibility index (Phi) is 4.74. The van der Waals surface area contributed by atoms with Crippen LogP contribution >= 0.6 is 0 Å². The van der Waals surface area contributed by atoms with Gasteiger partial charge in [-0.25, -0.2) is 0 Å². The van der Waals surface area contributed by atoms with Crippen LogP contribution in [0, 0.1) is 0 Å². The van der Waals surface area contributed by atoms with Crippen molar-refractivity contribution in [1.82, 2.24) is 0 Å². The highest BCUT2D eigenvalue weighted by molar-refractivity contribution is 5.99. The lowest BCUT2D eigenvalue weighted by molar-refractivity contribution is -0.115. The van der Waals surface area contributed by atoms with Gasteiger partial charge in [0.25, 0.3) is 0 Å². The molecule has 0 aromatic heterocycles. The fraction of sp³-hybridized carbons (Fsp3) is 0.526. The predicted octanol–water partition coefficient (Wildman–Crippen LogP) is 4.92. The van der Waals surface area contributed by atoms with Crippen molar-refractivity contribution in [2.75, 3.05) is 0 Å². The van der Waals surface area contributed by atoms with E-state index in [1.165, 1.54) is 32.1 Å². The molecule has 0 aliphatic heterocycles. The molecule has 2 aliphatic rings. The van der Waals surface area contributed by atoms with E-state index in [1.807, 2.05) is 12.1 Å².